The summed E-state index contributed by atoms with van der Waals surface area (Å²) in [4.78, 5) is 18.5. The summed E-state index contributed by atoms with van der Waals surface area (Å²) >= 11 is 5.98. The zero-order valence-electron chi connectivity index (χ0n) is 15.3. The summed E-state index contributed by atoms with van der Waals surface area (Å²) in [5.41, 5.74) is 0.439. The molecule has 3 aromatic rings. The Kier molecular flexibility index (Phi) is 4.77. The zero-order valence-corrected chi connectivity index (χ0v) is 16.0. The van der Waals surface area contributed by atoms with Crippen LogP contribution in [-0.2, 0) is 12.7 Å². The monoisotopic (exact) mass is 399 g/mol. The number of aryl methyl sites for hydroxylation is 1. The van der Waals surface area contributed by atoms with Gasteiger partial charge in [0.05, 0.1) is 18.4 Å². The van der Waals surface area contributed by atoms with Crippen LogP contribution in [0.5, 0.6) is 0 Å². The summed E-state index contributed by atoms with van der Waals surface area (Å²) in [6.07, 6.45) is 3.78. The van der Waals surface area contributed by atoms with Gasteiger partial charge in [-0.3, -0.25) is 10.00 Å². The van der Waals surface area contributed by atoms with E-state index in [1.807, 2.05) is 19.3 Å². The predicted octanol–water partition coefficient (Wildman–Crippen LogP) is 4.24. The number of pyridine rings is 1. The lowest BCUT2D eigenvalue weighted by molar-refractivity contribution is 0.169. The molecule has 1 aliphatic rings. The molecule has 0 bridgehead atoms. The van der Waals surface area contributed by atoms with Crippen LogP contribution >= 0.6 is 11.6 Å². The normalized spacial score (nSPS) is 19.0. The van der Waals surface area contributed by atoms with Gasteiger partial charge in [0.1, 0.15) is 5.82 Å². The second kappa shape index (κ2) is 7.24. The van der Waals surface area contributed by atoms with Crippen LogP contribution in [0, 0.1) is 0 Å². The summed E-state index contributed by atoms with van der Waals surface area (Å²) < 4.78 is 17.0. The van der Waals surface area contributed by atoms with E-state index in [9.17, 15) is 4.79 Å². The molecule has 6 nitrogen and oxygen atoms in total. The molecule has 1 aromatic carbocycles. The molecule has 0 spiro atoms. The first-order chi connectivity index (χ1) is 13.4. The molecule has 0 saturated carbocycles. The number of carbonyl (C=O) groups excluding carboxylic acids is 1. The smallest absolute Gasteiger partial charge is 0.321 e. The minimum Gasteiger partial charge on any atom is -0.321 e. The molecule has 2 aromatic heterocycles. The number of nitrogens with one attached hydrogen (secondary N) is 1. The fourth-order valence-corrected chi connectivity index (χ4v) is 3.55. The van der Waals surface area contributed by atoms with Crippen LogP contribution in [0.3, 0.4) is 0 Å². The number of anilines is 1. The van der Waals surface area contributed by atoms with Crippen molar-refractivity contribution in [1.82, 2.24) is 19.7 Å². The minimum absolute atomic E-state index is 0.0263. The van der Waals surface area contributed by atoms with Crippen molar-refractivity contribution in [2.75, 3.05) is 18.4 Å². The first-order valence-corrected chi connectivity index (χ1v) is 9.28. The molecule has 4 rings (SSSR count). The Morgan fingerprint density at radius 1 is 1.29 bits per heavy atom. The molecule has 0 radical (unpaired) electrons. The molecule has 1 atom stereocenters. The lowest BCUT2D eigenvalue weighted by Crippen LogP contribution is -2.35. The molecule has 1 N–H and O–H groups in total. The summed E-state index contributed by atoms with van der Waals surface area (Å²) in [5, 5.41) is 7.37. The van der Waals surface area contributed by atoms with Gasteiger partial charge in [-0.25, -0.2) is 14.2 Å². The molecule has 3 heterocycles. The lowest BCUT2D eigenvalue weighted by atomic mass is 9.95. The van der Waals surface area contributed by atoms with Crippen LogP contribution in [0.15, 0.2) is 54.9 Å². The number of hydrogen-bond donors (Lipinski definition) is 1. The van der Waals surface area contributed by atoms with E-state index in [4.69, 9.17) is 11.6 Å². The van der Waals surface area contributed by atoms with Gasteiger partial charge in [0.15, 0.2) is 5.67 Å². The van der Waals surface area contributed by atoms with Crippen molar-refractivity contribution < 1.29 is 9.18 Å². The average Bonchev–Trinajstić information content (AvgIpc) is 3.29. The van der Waals surface area contributed by atoms with E-state index >= 15 is 4.39 Å². The lowest BCUT2D eigenvalue weighted by Gasteiger charge is -2.22. The van der Waals surface area contributed by atoms with Gasteiger partial charge in [-0.15, -0.1) is 0 Å². The van der Waals surface area contributed by atoms with Gasteiger partial charge in [0, 0.05) is 36.8 Å². The number of alkyl halides is 1. The highest BCUT2D eigenvalue weighted by Gasteiger charge is 2.42. The Balaban J connectivity index is 1.46. The van der Waals surface area contributed by atoms with Gasteiger partial charge in [0.2, 0.25) is 0 Å². The number of benzene rings is 1. The number of hydrogen-bond acceptors (Lipinski definition) is 3. The molecule has 0 aliphatic carbocycles. The van der Waals surface area contributed by atoms with Crippen LogP contribution in [-0.4, -0.2) is 38.8 Å². The van der Waals surface area contributed by atoms with Crippen LogP contribution in [0.4, 0.5) is 15.0 Å². The van der Waals surface area contributed by atoms with Crippen molar-refractivity contribution >= 4 is 23.4 Å². The highest BCUT2D eigenvalue weighted by molar-refractivity contribution is 6.30. The highest BCUT2D eigenvalue weighted by Crippen LogP contribution is 2.37. The number of nitrogens with zero attached hydrogens (tertiary/aromatic N) is 4. The number of aromatic nitrogens is 3. The topological polar surface area (TPSA) is 63.1 Å². The van der Waals surface area contributed by atoms with Gasteiger partial charge in [-0.05, 0) is 29.8 Å². The third-order valence-corrected chi connectivity index (χ3v) is 5.07. The van der Waals surface area contributed by atoms with E-state index in [1.54, 1.807) is 47.3 Å². The second-order valence-electron chi connectivity index (χ2n) is 6.89. The molecule has 8 heteroatoms. The van der Waals surface area contributed by atoms with Crippen molar-refractivity contribution in [2.45, 2.75) is 12.1 Å². The van der Waals surface area contributed by atoms with E-state index < -0.39 is 5.67 Å². The van der Waals surface area contributed by atoms with Crippen LogP contribution < -0.4 is 5.32 Å². The molecule has 1 saturated heterocycles. The first-order valence-electron chi connectivity index (χ1n) is 8.90. The van der Waals surface area contributed by atoms with Crippen molar-refractivity contribution in [2.24, 2.45) is 7.05 Å². The van der Waals surface area contributed by atoms with E-state index in [2.05, 4.69) is 15.4 Å². The Bertz CT molecular complexity index is 1020. The second-order valence-corrected chi connectivity index (χ2v) is 7.32. The van der Waals surface area contributed by atoms with E-state index in [-0.39, 0.29) is 19.0 Å². The Morgan fingerprint density at radius 3 is 2.86 bits per heavy atom. The quantitative estimate of drug-likeness (QED) is 0.716. The van der Waals surface area contributed by atoms with Gasteiger partial charge >= 0.3 is 6.03 Å². The van der Waals surface area contributed by atoms with Gasteiger partial charge < -0.3 is 4.90 Å². The SMILES string of the molecule is Cn1cc(-c2cccc(NC(=O)N3CCC(F)(c4cccc(Cl)c4)C3)n2)cn1. The van der Waals surface area contributed by atoms with Gasteiger partial charge in [-0.1, -0.05) is 29.8 Å². The predicted molar refractivity (Wildman–Crippen MR) is 106 cm³/mol. The number of amides is 2. The molecule has 2 amide bonds. The molecule has 28 heavy (non-hydrogen) atoms. The number of rotatable bonds is 3. The number of carbonyl (C=O) groups is 1. The van der Waals surface area contributed by atoms with Crippen molar-refractivity contribution in [3.63, 3.8) is 0 Å². The van der Waals surface area contributed by atoms with E-state index in [0.29, 0.717) is 28.6 Å². The Hall–Kier alpha value is -2.93. The largest absolute Gasteiger partial charge is 0.323 e. The highest BCUT2D eigenvalue weighted by atomic mass is 35.5. The molecular formula is C20H19ClFN5O. The van der Waals surface area contributed by atoms with Crippen LogP contribution in [0.25, 0.3) is 11.3 Å². The average molecular weight is 400 g/mol. The molecular weight excluding hydrogens is 381 g/mol. The van der Waals surface area contributed by atoms with Crippen LogP contribution in [0.2, 0.25) is 5.02 Å². The molecule has 1 fully saturated rings. The third kappa shape index (κ3) is 3.71. The molecule has 144 valence electrons. The molecule has 1 aliphatic heterocycles. The first kappa shape index (κ1) is 18.4. The standard InChI is InChI=1S/C20H19ClFN5O/c1-26-12-14(11-23-26)17-6-3-7-18(24-17)25-19(28)27-9-8-20(22,13-27)15-4-2-5-16(21)10-15/h2-7,10-12H,8-9,13H2,1H3,(H,24,25,28). The fourth-order valence-electron chi connectivity index (χ4n) is 3.36. The maximum Gasteiger partial charge on any atom is 0.323 e. The summed E-state index contributed by atoms with van der Waals surface area (Å²) in [6.45, 7) is 0.290. The van der Waals surface area contributed by atoms with Crippen molar-refractivity contribution in [1.29, 1.82) is 0 Å². The van der Waals surface area contributed by atoms with Crippen molar-refractivity contribution in [3.05, 3.63) is 65.4 Å². The Labute approximate surface area is 166 Å². The molecule has 1 unspecified atom stereocenters. The van der Waals surface area contributed by atoms with E-state index in [1.165, 1.54) is 4.90 Å². The maximum absolute atomic E-state index is 15.4. The third-order valence-electron chi connectivity index (χ3n) is 4.83. The summed E-state index contributed by atoms with van der Waals surface area (Å²) in [6, 6.07) is 11.7. The van der Waals surface area contributed by atoms with Crippen molar-refractivity contribution in [3.8, 4) is 11.3 Å². The Morgan fingerprint density at radius 2 is 2.11 bits per heavy atom. The van der Waals surface area contributed by atoms with Gasteiger partial charge in [-0.2, -0.15) is 5.10 Å². The van der Waals surface area contributed by atoms with Gasteiger partial charge in [0.25, 0.3) is 0 Å². The zero-order chi connectivity index (χ0) is 19.7. The summed E-state index contributed by atoms with van der Waals surface area (Å²) in [5.74, 6) is 0.408. The van der Waals surface area contributed by atoms with E-state index in [0.717, 1.165) is 5.56 Å². The number of urea groups is 1. The fraction of sp³-hybridized carbons (Fsp3) is 0.250. The summed E-state index contributed by atoms with van der Waals surface area (Å²) in [7, 11) is 1.83. The minimum atomic E-state index is -1.60. The maximum atomic E-state index is 15.4. The van der Waals surface area contributed by atoms with Crippen LogP contribution in [0.1, 0.15) is 12.0 Å². The number of likely N-dealkylation sites (tertiary alicyclic amines) is 1. The number of halogens is 2.